The molecule has 5 heteroatoms. The van der Waals surface area contributed by atoms with Crippen LogP contribution in [0.15, 0.2) is 12.3 Å². The fraction of sp³-hybridized carbons (Fsp3) is 0.857. The summed E-state index contributed by atoms with van der Waals surface area (Å²) < 4.78 is 10.5. The van der Waals surface area contributed by atoms with E-state index in [9.17, 15) is 15.3 Å². The fourth-order valence-corrected chi connectivity index (χ4v) is 1.99. The molecule has 1 saturated heterocycles. The average Bonchev–Trinajstić information content (AvgIpc) is 2.41. The number of aliphatic hydroxyl groups excluding tert-OH is 3. The Morgan fingerprint density at radius 1 is 1.16 bits per heavy atom. The standard InChI is InChI=1S/C14H26O5/c1-2-3-4-5-6-7-8-18-10-12-14(17)13(16)11(15)9-19-12/h7-8,11-17H,2-6,9-10H2,1H3/b8-7+/t11-,12+,13+,14+/m1/s1. The van der Waals surface area contributed by atoms with E-state index in [1.165, 1.54) is 19.3 Å². The van der Waals surface area contributed by atoms with Gasteiger partial charge in [-0.15, -0.1) is 0 Å². The molecule has 5 nitrogen and oxygen atoms in total. The van der Waals surface area contributed by atoms with Gasteiger partial charge < -0.3 is 24.8 Å². The van der Waals surface area contributed by atoms with E-state index in [-0.39, 0.29) is 13.2 Å². The van der Waals surface area contributed by atoms with E-state index in [1.807, 2.05) is 6.08 Å². The topological polar surface area (TPSA) is 79.2 Å². The third kappa shape index (κ3) is 5.91. The number of hydrogen-bond donors (Lipinski definition) is 3. The second kappa shape index (κ2) is 9.31. The van der Waals surface area contributed by atoms with Crippen molar-refractivity contribution in [1.82, 2.24) is 0 Å². The predicted octanol–water partition coefficient (Wildman–Crippen LogP) is 0.969. The van der Waals surface area contributed by atoms with Gasteiger partial charge in [0, 0.05) is 0 Å². The molecule has 1 heterocycles. The predicted molar refractivity (Wildman–Crippen MR) is 71.6 cm³/mol. The van der Waals surface area contributed by atoms with Gasteiger partial charge in [-0.2, -0.15) is 0 Å². The van der Waals surface area contributed by atoms with Crippen LogP contribution < -0.4 is 0 Å². The molecule has 4 atom stereocenters. The number of unbranched alkanes of at least 4 members (excludes halogenated alkanes) is 4. The van der Waals surface area contributed by atoms with Crippen LogP contribution in [0.5, 0.6) is 0 Å². The molecular formula is C14H26O5. The molecule has 0 unspecified atom stereocenters. The maximum absolute atomic E-state index is 9.67. The van der Waals surface area contributed by atoms with E-state index in [0.29, 0.717) is 0 Å². The van der Waals surface area contributed by atoms with Gasteiger partial charge in [0.1, 0.15) is 31.0 Å². The lowest BCUT2D eigenvalue weighted by Crippen LogP contribution is -2.54. The molecule has 0 aromatic heterocycles. The monoisotopic (exact) mass is 274 g/mol. The highest BCUT2D eigenvalue weighted by Gasteiger charge is 2.37. The van der Waals surface area contributed by atoms with Crippen molar-refractivity contribution in [1.29, 1.82) is 0 Å². The molecule has 0 aromatic rings. The van der Waals surface area contributed by atoms with Crippen LogP contribution in [-0.4, -0.2) is 52.9 Å². The van der Waals surface area contributed by atoms with Gasteiger partial charge in [0.15, 0.2) is 0 Å². The van der Waals surface area contributed by atoms with Crippen LogP contribution in [0, 0.1) is 0 Å². The minimum Gasteiger partial charge on any atom is -0.499 e. The van der Waals surface area contributed by atoms with E-state index < -0.39 is 24.4 Å². The summed E-state index contributed by atoms with van der Waals surface area (Å²) in [6.45, 7) is 2.38. The van der Waals surface area contributed by atoms with Gasteiger partial charge in [-0.3, -0.25) is 0 Å². The van der Waals surface area contributed by atoms with Gasteiger partial charge in [0.25, 0.3) is 0 Å². The molecule has 0 spiro atoms. The van der Waals surface area contributed by atoms with Crippen LogP contribution in [0.25, 0.3) is 0 Å². The van der Waals surface area contributed by atoms with Gasteiger partial charge in [0.05, 0.1) is 12.9 Å². The molecule has 3 N–H and O–H groups in total. The lowest BCUT2D eigenvalue weighted by molar-refractivity contribution is -0.195. The first-order chi connectivity index (χ1) is 9.16. The second-order valence-corrected chi connectivity index (χ2v) is 4.97. The second-order valence-electron chi connectivity index (χ2n) is 4.97. The van der Waals surface area contributed by atoms with Crippen LogP contribution in [0.3, 0.4) is 0 Å². The Morgan fingerprint density at radius 2 is 1.95 bits per heavy atom. The fourth-order valence-electron chi connectivity index (χ4n) is 1.99. The Balaban J connectivity index is 2.10. The summed E-state index contributed by atoms with van der Waals surface area (Å²) in [5.74, 6) is 0. The van der Waals surface area contributed by atoms with Crippen LogP contribution in [0.1, 0.15) is 39.0 Å². The summed E-state index contributed by atoms with van der Waals surface area (Å²) in [4.78, 5) is 0. The van der Waals surface area contributed by atoms with Gasteiger partial charge in [0.2, 0.25) is 0 Å². The summed E-state index contributed by atoms with van der Waals surface area (Å²) in [5, 5.41) is 28.4. The Kier molecular flexibility index (Phi) is 8.05. The molecule has 1 fully saturated rings. The SMILES string of the molecule is CCCCCC/C=C/OC[C@@H]1OC[C@@H](O)[C@H](O)[C@H]1O. The first-order valence-corrected chi connectivity index (χ1v) is 7.09. The van der Waals surface area contributed by atoms with Gasteiger partial charge >= 0.3 is 0 Å². The van der Waals surface area contributed by atoms with Crippen molar-refractivity contribution in [3.8, 4) is 0 Å². The number of allylic oxidation sites excluding steroid dienone is 1. The van der Waals surface area contributed by atoms with E-state index in [0.717, 1.165) is 12.8 Å². The number of rotatable bonds is 8. The zero-order valence-electron chi connectivity index (χ0n) is 11.6. The molecule has 0 amide bonds. The van der Waals surface area contributed by atoms with Crippen LogP contribution in [-0.2, 0) is 9.47 Å². The summed E-state index contributed by atoms with van der Waals surface area (Å²) >= 11 is 0. The molecule has 0 aromatic carbocycles. The van der Waals surface area contributed by atoms with E-state index in [1.54, 1.807) is 6.26 Å². The zero-order valence-corrected chi connectivity index (χ0v) is 11.6. The molecule has 1 aliphatic heterocycles. The quantitative estimate of drug-likeness (QED) is 0.454. The van der Waals surface area contributed by atoms with Gasteiger partial charge in [-0.1, -0.05) is 26.2 Å². The van der Waals surface area contributed by atoms with Crippen molar-refractivity contribution in [2.24, 2.45) is 0 Å². The highest BCUT2D eigenvalue weighted by Crippen LogP contribution is 2.15. The molecule has 1 aliphatic rings. The molecule has 19 heavy (non-hydrogen) atoms. The molecule has 0 radical (unpaired) electrons. The largest absolute Gasteiger partial charge is 0.499 e. The van der Waals surface area contributed by atoms with Crippen molar-refractivity contribution >= 4 is 0 Å². The molecular weight excluding hydrogens is 248 g/mol. The summed E-state index contributed by atoms with van der Waals surface area (Å²) in [7, 11) is 0. The van der Waals surface area contributed by atoms with Gasteiger partial charge in [-0.25, -0.2) is 0 Å². The van der Waals surface area contributed by atoms with Crippen molar-refractivity contribution < 1.29 is 24.8 Å². The Morgan fingerprint density at radius 3 is 2.68 bits per heavy atom. The highest BCUT2D eigenvalue weighted by atomic mass is 16.6. The van der Waals surface area contributed by atoms with Crippen molar-refractivity contribution in [3.05, 3.63) is 12.3 Å². The first-order valence-electron chi connectivity index (χ1n) is 7.09. The van der Waals surface area contributed by atoms with E-state index in [2.05, 4.69) is 6.92 Å². The van der Waals surface area contributed by atoms with Crippen molar-refractivity contribution in [2.45, 2.75) is 63.4 Å². The molecule has 112 valence electrons. The lowest BCUT2D eigenvalue weighted by atomic mass is 10.0. The van der Waals surface area contributed by atoms with Crippen molar-refractivity contribution in [2.75, 3.05) is 13.2 Å². The summed E-state index contributed by atoms with van der Waals surface area (Å²) in [5.41, 5.74) is 0. The molecule has 0 aliphatic carbocycles. The van der Waals surface area contributed by atoms with E-state index in [4.69, 9.17) is 9.47 Å². The number of hydrogen-bond acceptors (Lipinski definition) is 5. The van der Waals surface area contributed by atoms with Gasteiger partial charge in [-0.05, 0) is 18.9 Å². The number of aliphatic hydroxyl groups is 3. The molecule has 1 rings (SSSR count). The minimum absolute atomic E-state index is 0.0208. The third-order valence-corrected chi connectivity index (χ3v) is 3.28. The minimum atomic E-state index is -1.17. The maximum atomic E-state index is 9.67. The normalized spacial score (nSPS) is 31.8. The van der Waals surface area contributed by atoms with Crippen LogP contribution in [0.2, 0.25) is 0 Å². The Bertz CT molecular complexity index is 256. The Labute approximate surface area is 114 Å². The average molecular weight is 274 g/mol. The maximum Gasteiger partial charge on any atom is 0.120 e. The summed E-state index contributed by atoms with van der Waals surface area (Å²) in [6.07, 6.45) is 5.52. The van der Waals surface area contributed by atoms with Crippen LogP contribution in [0.4, 0.5) is 0 Å². The molecule has 0 saturated carbocycles. The molecule has 0 bridgehead atoms. The lowest BCUT2D eigenvalue weighted by Gasteiger charge is -2.34. The first kappa shape index (κ1) is 16.4. The zero-order chi connectivity index (χ0) is 14.1. The highest BCUT2D eigenvalue weighted by molar-refractivity contribution is 4.87. The van der Waals surface area contributed by atoms with E-state index >= 15 is 0 Å². The Hall–Kier alpha value is -0.620. The summed E-state index contributed by atoms with van der Waals surface area (Å²) in [6, 6.07) is 0. The number of ether oxygens (including phenoxy) is 2. The third-order valence-electron chi connectivity index (χ3n) is 3.28. The van der Waals surface area contributed by atoms with Crippen LogP contribution >= 0.6 is 0 Å². The smallest absolute Gasteiger partial charge is 0.120 e. The van der Waals surface area contributed by atoms with Crippen molar-refractivity contribution in [3.63, 3.8) is 0 Å².